The van der Waals surface area contributed by atoms with Crippen molar-refractivity contribution >= 4 is 46.0 Å². The molecule has 0 aliphatic carbocycles. The summed E-state index contributed by atoms with van der Waals surface area (Å²) in [5, 5.41) is 4.09. The van der Waals surface area contributed by atoms with Crippen LogP contribution >= 0.6 is 11.8 Å². The molecule has 3 aromatic rings. The highest BCUT2D eigenvalue weighted by Gasteiger charge is 2.29. The van der Waals surface area contributed by atoms with Gasteiger partial charge in [0.1, 0.15) is 5.65 Å². The minimum Gasteiger partial charge on any atom is -0.370 e. The Bertz CT molecular complexity index is 1250. The number of pyridine rings is 1. The number of nitrogens with one attached hydrogen (secondary N) is 1. The van der Waals surface area contributed by atoms with E-state index in [4.69, 9.17) is 0 Å². The van der Waals surface area contributed by atoms with Crippen LogP contribution in [0.5, 0.6) is 0 Å². The highest BCUT2D eigenvalue weighted by atomic mass is 32.2. The number of rotatable bonds is 7. The fourth-order valence-electron chi connectivity index (χ4n) is 4.43. The lowest BCUT2D eigenvalue weighted by atomic mass is 9.96. The molecule has 1 N–H and O–H groups in total. The van der Waals surface area contributed by atoms with Gasteiger partial charge in [-0.2, -0.15) is 16.7 Å². The first-order valence-corrected chi connectivity index (χ1v) is 12.7. The summed E-state index contributed by atoms with van der Waals surface area (Å²) >= 11 is 2.00. The zero-order valence-electron chi connectivity index (χ0n) is 19.0. The Labute approximate surface area is 202 Å². The summed E-state index contributed by atoms with van der Waals surface area (Å²) in [6.07, 6.45) is 3.90. The van der Waals surface area contributed by atoms with Gasteiger partial charge in [0.15, 0.2) is 0 Å². The Morgan fingerprint density at radius 1 is 1.15 bits per heavy atom. The van der Waals surface area contributed by atoms with Crippen molar-refractivity contribution in [2.24, 2.45) is 5.92 Å². The molecule has 0 radical (unpaired) electrons. The summed E-state index contributed by atoms with van der Waals surface area (Å²) < 4.78 is 1.71. The van der Waals surface area contributed by atoms with E-state index in [2.05, 4.69) is 38.9 Å². The van der Waals surface area contributed by atoms with Crippen molar-refractivity contribution in [3.63, 3.8) is 0 Å². The van der Waals surface area contributed by atoms with Crippen molar-refractivity contribution in [1.29, 1.82) is 0 Å². The molecule has 2 saturated heterocycles. The minimum atomic E-state index is -0.0838. The van der Waals surface area contributed by atoms with Gasteiger partial charge in [0.2, 0.25) is 11.9 Å². The van der Waals surface area contributed by atoms with Crippen LogP contribution in [0, 0.1) is 5.92 Å². The molecule has 1 aromatic carbocycles. The van der Waals surface area contributed by atoms with Crippen molar-refractivity contribution in [3.8, 4) is 0 Å². The van der Waals surface area contributed by atoms with Crippen LogP contribution in [0.25, 0.3) is 11.0 Å². The van der Waals surface area contributed by atoms with Gasteiger partial charge in [-0.3, -0.25) is 14.2 Å². The molecule has 0 saturated carbocycles. The van der Waals surface area contributed by atoms with Crippen molar-refractivity contribution in [3.05, 3.63) is 65.6 Å². The molecule has 2 aliphatic heterocycles. The standard InChI is InChI=1S/C25H28N6O2S/c1-2-22(32)30-16-18(17-30)9-10-31-23(33)8-3-19-15-26-25(28-24(19)31)27-20-4-6-21(7-5-20)29-11-13-34-14-12-29/h2-8,15,18H,1,9-14,16-17H2,(H,26,27,28). The van der Waals surface area contributed by atoms with Crippen LogP contribution in [0.3, 0.4) is 0 Å². The lowest BCUT2D eigenvalue weighted by molar-refractivity contribution is -0.132. The smallest absolute Gasteiger partial charge is 0.252 e. The average Bonchev–Trinajstić information content (AvgIpc) is 2.85. The largest absolute Gasteiger partial charge is 0.370 e. The highest BCUT2D eigenvalue weighted by Crippen LogP contribution is 2.24. The molecule has 8 nitrogen and oxygen atoms in total. The van der Waals surface area contributed by atoms with Gasteiger partial charge in [0, 0.05) is 73.3 Å². The van der Waals surface area contributed by atoms with Crippen molar-refractivity contribution in [1.82, 2.24) is 19.4 Å². The number of hydrogen-bond donors (Lipinski definition) is 1. The maximum Gasteiger partial charge on any atom is 0.252 e. The molecule has 0 unspecified atom stereocenters. The Balaban J connectivity index is 1.29. The first kappa shape index (κ1) is 22.5. The summed E-state index contributed by atoms with van der Waals surface area (Å²) in [5.41, 5.74) is 2.66. The Morgan fingerprint density at radius 3 is 2.65 bits per heavy atom. The lowest BCUT2D eigenvalue weighted by Crippen LogP contribution is -2.49. The Kier molecular flexibility index (Phi) is 6.53. The quantitative estimate of drug-likeness (QED) is 0.525. The van der Waals surface area contributed by atoms with Crippen molar-refractivity contribution < 1.29 is 4.79 Å². The fourth-order valence-corrected chi connectivity index (χ4v) is 5.33. The average molecular weight is 477 g/mol. The molecule has 2 aromatic heterocycles. The van der Waals surface area contributed by atoms with E-state index in [0.29, 0.717) is 37.1 Å². The molecule has 5 rings (SSSR count). The summed E-state index contributed by atoms with van der Waals surface area (Å²) in [6.45, 7) is 7.65. The van der Waals surface area contributed by atoms with Gasteiger partial charge in [-0.1, -0.05) is 6.58 Å². The molecule has 0 atom stereocenters. The first-order valence-electron chi connectivity index (χ1n) is 11.6. The number of hydrogen-bond acceptors (Lipinski definition) is 7. The fraction of sp³-hybridized carbons (Fsp3) is 0.360. The zero-order chi connectivity index (χ0) is 23.5. The van der Waals surface area contributed by atoms with Crippen LogP contribution < -0.4 is 15.8 Å². The topological polar surface area (TPSA) is 83.4 Å². The highest BCUT2D eigenvalue weighted by molar-refractivity contribution is 7.99. The molecule has 0 spiro atoms. The number of thioether (sulfide) groups is 1. The Morgan fingerprint density at radius 2 is 1.91 bits per heavy atom. The molecule has 0 bridgehead atoms. The molecule has 4 heterocycles. The van der Waals surface area contributed by atoms with Gasteiger partial charge in [0.05, 0.1) is 0 Å². The van der Waals surface area contributed by atoms with Crippen LogP contribution in [0.4, 0.5) is 17.3 Å². The first-order chi connectivity index (χ1) is 16.6. The normalized spacial score (nSPS) is 16.4. The predicted molar refractivity (Wildman–Crippen MR) is 138 cm³/mol. The third-order valence-electron chi connectivity index (χ3n) is 6.43. The van der Waals surface area contributed by atoms with Gasteiger partial charge in [-0.25, -0.2) is 4.98 Å². The number of amides is 1. The van der Waals surface area contributed by atoms with E-state index in [9.17, 15) is 9.59 Å². The van der Waals surface area contributed by atoms with Crippen LogP contribution in [0.2, 0.25) is 0 Å². The number of benzene rings is 1. The van der Waals surface area contributed by atoms with Crippen LogP contribution in [0.15, 0.2) is 60.0 Å². The summed E-state index contributed by atoms with van der Waals surface area (Å²) in [5.74, 6) is 3.13. The summed E-state index contributed by atoms with van der Waals surface area (Å²) in [4.78, 5) is 37.6. The number of aromatic nitrogens is 3. The Hall–Kier alpha value is -3.33. The number of anilines is 3. The molecule has 34 heavy (non-hydrogen) atoms. The molecular weight excluding hydrogens is 448 g/mol. The number of fused-ring (bicyclic) bond motifs is 1. The molecular formula is C25H28N6O2S. The molecule has 2 aliphatic rings. The van der Waals surface area contributed by atoms with E-state index in [1.165, 1.54) is 23.3 Å². The van der Waals surface area contributed by atoms with Gasteiger partial charge in [0.25, 0.3) is 5.56 Å². The van der Waals surface area contributed by atoms with Crippen molar-refractivity contribution in [2.75, 3.05) is 47.9 Å². The third kappa shape index (κ3) is 4.79. The zero-order valence-corrected chi connectivity index (χ0v) is 19.8. The molecule has 2 fully saturated rings. The summed E-state index contributed by atoms with van der Waals surface area (Å²) in [7, 11) is 0. The lowest BCUT2D eigenvalue weighted by Gasteiger charge is -2.38. The van der Waals surface area contributed by atoms with Gasteiger partial charge in [-0.15, -0.1) is 0 Å². The second-order valence-corrected chi connectivity index (χ2v) is 9.89. The van der Waals surface area contributed by atoms with Crippen LogP contribution in [-0.4, -0.2) is 63.0 Å². The maximum atomic E-state index is 12.6. The number of aryl methyl sites for hydroxylation is 1. The van der Waals surface area contributed by atoms with Crippen molar-refractivity contribution in [2.45, 2.75) is 13.0 Å². The SMILES string of the molecule is C=CC(=O)N1CC(CCn2c(=O)ccc3cnc(Nc4ccc(N5CCSCC5)cc4)nc32)C1. The maximum absolute atomic E-state index is 12.6. The molecule has 9 heteroatoms. The predicted octanol–water partition coefficient (Wildman–Crippen LogP) is 3.12. The van der Waals surface area contributed by atoms with E-state index < -0.39 is 0 Å². The van der Waals surface area contributed by atoms with Crippen LogP contribution in [0.1, 0.15) is 6.42 Å². The van der Waals surface area contributed by atoms with E-state index in [1.54, 1.807) is 27.8 Å². The van der Waals surface area contributed by atoms with E-state index in [1.807, 2.05) is 23.9 Å². The van der Waals surface area contributed by atoms with E-state index in [-0.39, 0.29) is 11.5 Å². The number of carbonyl (C=O) groups is 1. The molecule has 1 amide bonds. The summed E-state index contributed by atoms with van der Waals surface area (Å²) in [6, 6.07) is 11.6. The second-order valence-electron chi connectivity index (χ2n) is 8.67. The number of likely N-dealkylation sites (tertiary alicyclic amines) is 1. The molecule has 176 valence electrons. The minimum absolute atomic E-state index is 0.0370. The second kappa shape index (κ2) is 9.89. The van der Waals surface area contributed by atoms with Crippen LogP contribution in [-0.2, 0) is 11.3 Å². The van der Waals surface area contributed by atoms with E-state index >= 15 is 0 Å². The van der Waals surface area contributed by atoms with Gasteiger partial charge >= 0.3 is 0 Å². The van der Waals surface area contributed by atoms with Gasteiger partial charge < -0.3 is 15.1 Å². The number of nitrogens with zero attached hydrogens (tertiary/aromatic N) is 5. The monoisotopic (exact) mass is 476 g/mol. The van der Waals surface area contributed by atoms with E-state index in [0.717, 1.165) is 30.6 Å². The van der Waals surface area contributed by atoms with Gasteiger partial charge in [-0.05, 0) is 48.7 Å². The number of carbonyl (C=O) groups excluding carboxylic acids is 1. The third-order valence-corrected chi connectivity index (χ3v) is 7.37.